The molecule has 0 heterocycles. The number of carboxylic acid groups (broad SMARTS) is 1. The fourth-order valence-corrected chi connectivity index (χ4v) is 5.24. The average Bonchev–Trinajstić information content (AvgIpc) is 3.01. The van der Waals surface area contributed by atoms with E-state index in [9.17, 15) is 19.5 Å². The highest BCUT2D eigenvalue weighted by Crippen LogP contribution is 2.44. The normalized spacial score (nSPS) is 13.7. The lowest BCUT2D eigenvalue weighted by atomic mass is 9.87. The molecule has 0 amide bonds. The van der Waals surface area contributed by atoms with Crippen molar-refractivity contribution in [2.24, 2.45) is 0 Å². The van der Waals surface area contributed by atoms with E-state index in [2.05, 4.69) is 27.0 Å². The van der Waals surface area contributed by atoms with E-state index in [-0.39, 0.29) is 25.2 Å². The molecule has 1 N–H and O–H groups in total. The van der Waals surface area contributed by atoms with E-state index < -0.39 is 30.1 Å². The fraction of sp³-hybridized carbons (Fsp3) is 0.457. The van der Waals surface area contributed by atoms with Crippen LogP contribution >= 0.6 is 0 Å². The van der Waals surface area contributed by atoms with E-state index in [0.29, 0.717) is 30.8 Å². The number of esters is 2. The Kier molecular flexibility index (Phi) is 13.3. The molecule has 1 aliphatic carbocycles. The Morgan fingerprint density at radius 1 is 0.814 bits per heavy atom. The highest BCUT2D eigenvalue weighted by molar-refractivity contribution is 5.98. The summed E-state index contributed by atoms with van der Waals surface area (Å²) in [4.78, 5) is 36.1. The van der Waals surface area contributed by atoms with Gasteiger partial charge in [0.1, 0.15) is 36.9 Å². The van der Waals surface area contributed by atoms with Gasteiger partial charge in [-0.15, -0.1) is 0 Å². The Morgan fingerprint density at radius 2 is 1.30 bits per heavy atom. The van der Waals surface area contributed by atoms with E-state index in [1.165, 1.54) is 0 Å². The Balaban J connectivity index is 2.01. The second kappa shape index (κ2) is 17.1. The highest BCUT2D eigenvalue weighted by Gasteiger charge is 2.28. The molecule has 0 saturated heterocycles. The van der Waals surface area contributed by atoms with Crippen LogP contribution in [-0.4, -0.2) is 48.4 Å². The molecule has 2 aromatic rings. The van der Waals surface area contributed by atoms with Crippen molar-refractivity contribution in [3.63, 3.8) is 0 Å². The fourth-order valence-electron chi connectivity index (χ4n) is 5.24. The third-order valence-electron chi connectivity index (χ3n) is 7.51. The number of fused-ring (bicyclic) bond motifs is 2. The van der Waals surface area contributed by atoms with Crippen LogP contribution in [0, 0.1) is 0 Å². The van der Waals surface area contributed by atoms with Gasteiger partial charge in [-0.25, -0.2) is 14.4 Å². The summed E-state index contributed by atoms with van der Waals surface area (Å²) >= 11 is 0. The number of carbonyl (C=O) groups is 3. The van der Waals surface area contributed by atoms with Gasteiger partial charge in [-0.05, 0) is 32.1 Å². The molecule has 0 radical (unpaired) electrons. The number of hydrogen-bond acceptors (Lipinski definition) is 7. The molecule has 2 unspecified atom stereocenters. The van der Waals surface area contributed by atoms with E-state index in [1.54, 1.807) is 6.08 Å². The average molecular weight is 593 g/mol. The largest absolute Gasteiger partial charge is 0.489 e. The first-order valence-electron chi connectivity index (χ1n) is 15.2. The van der Waals surface area contributed by atoms with E-state index >= 15 is 0 Å². The number of carbonyl (C=O) groups excluding carboxylic acids is 2. The summed E-state index contributed by atoms with van der Waals surface area (Å²) < 4.78 is 24.1. The van der Waals surface area contributed by atoms with Crippen LogP contribution in [-0.2, 0) is 36.7 Å². The summed E-state index contributed by atoms with van der Waals surface area (Å²) in [6.07, 6.45) is 10.7. The smallest absolute Gasteiger partial charge is 0.331 e. The lowest BCUT2D eigenvalue weighted by Crippen LogP contribution is -2.26. The molecule has 8 heteroatoms. The molecular formula is C35H44O8. The van der Waals surface area contributed by atoms with Gasteiger partial charge >= 0.3 is 17.9 Å². The third-order valence-corrected chi connectivity index (χ3v) is 7.51. The number of benzene rings is 2. The number of hydrogen-bond donors (Lipinski definition) is 1. The summed E-state index contributed by atoms with van der Waals surface area (Å²) in [5, 5.41) is 11.4. The van der Waals surface area contributed by atoms with E-state index in [0.717, 1.165) is 72.6 Å². The zero-order valence-corrected chi connectivity index (χ0v) is 25.4. The van der Waals surface area contributed by atoms with Crippen LogP contribution in [0.3, 0.4) is 0 Å². The Hall–Kier alpha value is -4.07. The van der Waals surface area contributed by atoms with Gasteiger partial charge in [0.05, 0.1) is 0 Å². The summed E-state index contributed by atoms with van der Waals surface area (Å²) in [5.41, 5.74) is 1.82. The lowest BCUT2D eigenvalue weighted by molar-refractivity contribution is -0.145. The number of aliphatic carboxylic acids is 1. The molecule has 0 aromatic heterocycles. The van der Waals surface area contributed by atoms with Crippen molar-refractivity contribution in [1.82, 2.24) is 0 Å². The van der Waals surface area contributed by atoms with Crippen molar-refractivity contribution >= 4 is 28.7 Å². The molecule has 0 aliphatic heterocycles. The van der Waals surface area contributed by atoms with Crippen LogP contribution in [0.1, 0.15) is 76.3 Å². The zero-order valence-electron chi connectivity index (χ0n) is 25.4. The second-order valence-electron chi connectivity index (χ2n) is 10.7. The van der Waals surface area contributed by atoms with Crippen molar-refractivity contribution < 1.29 is 38.4 Å². The number of allylic oxidation sites excluding steroid dienone is 1. The van der Waals surface area contributed by atoms with Crippen LogP contribution in [0.15, 0.2) is 61.2 Å². The minimum Gasteiger partial charge on any atom is -0.489 e. The SMILES string of the molecule is C=CC(=O)OC(CCCCC)COc1c2c(c(OCC(CCCCC)OC(=O)C=C)c3ccccc13)CC(C(=O)O)=CC2. The summed E-state index contributed by atoms with van der Waals surface area (Å²) in [6, 6.07) is 7.64. The van der Waals surface area contributed by atoms with E-state index in [1.807, 2.05) is 24.3 Å². The first kappa shape index (κ1) is 33.4. The Labute approximate surface area is 254 Å². The monoisotopic (exact) mass is 592 g/mol. The van der Waals surface area contributed by atoms with Crippen molar-refractivity contribution in [3.05, 3.63) is 72.4 Å². The van der Waals surface area contributed by atoms with Crippen LogP contribution < -0.4 is 9.47 Å². The topological polar surface area (TPSA) is 108 Å². The molecule has 43 heavy (non-hydrogen) atoms. The number of rotatable bonds is 19. The highest BCUT2D eigenvalue weighted by atomic mass is 16.6. The Morgan fingerprint density at radius 3 is 1.74 bits per heavy atom. The van der Waals surface area contributed by atoms with Gasteiger partial charge in [0.25, 0.3) is 0 Å². The lowest BCUT2D eigenvalue weighted by Gasteiger charge is -2.27. The molecular weight excluding hydrogens is 548 g/mol. The van der Waals surface area contributed by atoms with Crippen molar-refractivity contribution in [2.75, 3.05) is 13.2 Å². The number of ether oxygens (including phenoxy) is 4. The predicted octanol–water partition coefficient (Wildman–Crippen LogP) is 7.06. The summed E-state index contributed by atoms with van der Waals surface area (Å²) in [5.74, 6) is -0.830. The third kappa shape index (κ3) is 9.46. The maximum absolute atomic E-state index is 12.0. The molecule has 3 rings (SSSR count). The minimum atomic E-state index is -0.989. The summed E-state index contributed by atoms with van der Waals surface area (Å²) in [6.45, 7) is 11.5. The molecule has 2 aromatic carbocycles. The van der Waals surface area contributed by atoms with E-state index in [4.69, 9.17) is 18.9 Å². The molecule has 8 nitrogen and oxygen atoms in total. The van der Waals surface area contributed by atoms with Gasteiger partial charge in [0, 0.05) is 46.0 Å². The molecule has 232 valence electrons. The van der Waals surface area contributed by atoms with Gasteiger partial charge in [-0.2, -0.15) is 0 Å². The maximum atomic E-state index is 12.0. The second-order valence-corrected chi connectivity index (χ2v) is 10.7. The van der Waals surface area contributed by atoms with Gasteiger partial charge in [-0.3, -0.25) is 0 Å². The molecule has 0 spiro atoms. The molecule has 0 fully saturated rings. The first-order valence-corrected chi connectivity index (χ1v) is 15.2. The predicted molar refractivity (Wildman–Crippen MR) is 167 cm³/mol. The maximum Gasteiger partial charge on any atom is 0.331 e. The van der Waals surface area contributed by atoms with Gasteiger partial charge in [0.2, 0.25) is 0 Å². The molecule has 2 atom stereocenters. The molecule has 0 saturated carbocycles. The van der Waals surface area contributed by atoms with Gasteiger partial charge in [-0.1, -0.05) is 83.0 Å². The quantitative estimate of drug-likeness (QED) is 0.105. The van der Waals surface area contributed by atoms with Crippen LogP contribution in [0.2, 0.25) is 0 Å². The molecule has 0 bridgehead atoms. The van der Waals surface area contributed by atoms with Crippen molar-refractivity contribution in [2.45, 2.75) is 90.3 Å². The number of unbranched alkanes of at least 4 members (excludes halogenated alkanes) is 4. The van der Waals surface area contributed by atoms with Crippen LogP contribution in [0.4, 0.5) is 0 Å². The van der Waals surface area contributed by atoms with Gasteiger partial charge < -0.3 is 24.1 Å². The van der Waals surface area contributed by atoms with Gasteiger partial charge in [0.15, 0.2) is 0 Å². The number of carboxylic acids is 1. The van der Waals surface area contributed by atoms with Crippen LogP contribution in [0.5, 0.6) is 11.5 Å². The van der Waals surface area contributed by atoms with Crippen LogP contribution in [0.25, 0.3) is 10.8 Å². The minimum absolute atomic E-state index is 0.114. The Bertz CT molecular complexity index is 1320. The molecule has 1 aliphatic rings. The van der Waals surface area contributed by atoms with Crippen molar-refractivity contribution in [1.29, 1.82) is 0 Å². The zero-order chi connectivity index (χ0) is 31.2. The van der Waals surface area contributed by atoms with Crippen molar-refractivity contribution in [3.8, 4) is 11.5 Å². The first-order chi connectivity index (χ1) is 20.8. The standard InChI is InChI=1S/C35H44O8/c1-5-9-11-15-25(42-31(36)7-3)22-40-33-27-17-13-14-18-28(27)34(30-21-24(35(38)39)19-20-29(30)33)41-23-26(16-12-10-6-2)43-32(37)8-4/h7-8,13-14,17-19,25-26H,3-6,9-12,15-16,20-23H2,1-2H3,(H,38,39). The summed E-state index contributed by atoms with van der Waals surface area (Å²) in [7, 11) is 0.